The average Bonchev–Trinajstić information content (AvgIpc) is 2.99. The molecule has 1 atom stereocenters. The Labute approximate surface area is 111 Å². The number of carbonyl (C=O) groups is 1. The van der Waals surface area contributed by atoms with Gasteiger partial charge in [-0.3, -0.25) is 4.79 Å². The van der Waals surface area contributed by atoms with Crippen molar-refractivity contribution in [3.8, 4) is 0 Å². The number of para-hydroxylation sites is 1. The van der Waals surface area contributed by atoms with Crippen molar-refractivity contribution >= 4 is 17.4 Å². The minimum absolute atomic E-state index is 0.0254. The molecule has 1 fully saturated rings. The summed E-state index contributed by atoms with van der Waals surface area (Å²) in [5, 5.41) is 11.8. The van der Waals surface area contributed by atoms with E-state index < -0.39 is 6.10 Å². The van der Waals surface area contributed by atoms with Crippen LogP contribution in [0.25, 0.3) is 0 Å². The number of benzene rings is 1. The summed E-state index contributed by atoms with van der Waals surface area (Å²) in [6.45, 7) is 0.617. The molecule has 1 saturated heterocycles. The first-order valence-electron chi connectivity index (χ1n) is 6.11. The monoisotopic (exact) mass is 263 g/mol. The Morgan fingerprint density at radius 3 is 2.89 bits per heavy atom. The van der Waals surface area contributed by atoms with E-state index in [-0.39, 0.29) is 11.7 Å². The summed E-state index contributed by atoms with van der Waals surface area (Å²) in [6, 6.07) is 7.01. The Bertz CT molecular complexity index is 496. The Morgan fingerprint density at radius 1 is 1.53 bits per heavy atom. The largest absolute Gasteiger partial charge is 0.409 e. The summed E-state index contributed by atoms with van der Waals surface area (Å²) in [4.78, 5) is 13.8. The number of nitrogens with two attached hydrogens (primary N) is 1. The Kier molecular flexibility index (Phi) is 4.01. The molecule has 0 aliphatic carbocycles. The van der Waals surface area contributed by atoms with Crippen LogP contribution in [0.5, 0.6) is 0 Å². The standard InChI is InChI=1S/C13H17N3O3/c1-16(13(17)11-7-4-8-19-11)10-6-3-2-5-9(10)12(14)15-18/h2-3,5-6,11,18H,4,7-8H2,1H3,(H2,14,15). The number of nitrogens with zero attached hydrogens (tertiary/aromatic N) is 2. The van der Waals surface area contributed by atoms with Crippen molar-refractivity contribution in [3.63, 3.8) is 0 Å². The number of hydrogen-bond donors (Lipinski definition) is 2. The zero-order chi connectivity index (χ0) is 13.8. The lowest BCUT2D eigenvalue weighted by Crippen LogP contribution is -2.37. The van der Waals surface area contributed by atoms with E-state index in [1.807, 2.05) is 0 Å². The zero-order valence-corrected chi connectivity index (χ0v) is 10.7. The van der Waals surface area contributed by atoms with E-state index in [0.717, 1.165) is 12.8 Å². The smallest absolute Gasteiger partial charge is 0.255 e. The fourth-order valence-corrected chi connectivity index (χ4v) is 2.14. The minimum Gasteiger partial charge on any atom is -0.409 e. The molecule has 3 N–H and O–H groups in total. The highest BCUT2D eigenvalue weighted by Crippen LogP contribution is 2.22. The summed E-state index contributed by atoms with van der Waals surface area (Å²) in [5.41, 5.74) is 6.73. The van der Waals surface area contributed by atoms with Crippen LogP contribution in [0.4, 0.5) is 5.69 Å². The first kappa shape index (κ1) is 13.4. The van der Waals surface area contributed by atoms with Crippen LogP contribution in [-0.2, 0) is 9.53 Å². The molecule has 0 radical (unpaired) electrons. The third-order valence-electron chi connectivity index (χ3n) is 3.18. The summed E-state index contributed by atoms with van der Waals surface area (Å²) in [7, 11) is 1.66. The molecule has 102 valence electrons. The minimum atomic E-state index is -0.398. The number of ether oxygens (including phenoxy) is 1. The quantitative estimate of drug-likeness (QED) is 0.367. The molecule has 1 aliphatic rings. The van der Waals surface area contributed by atoms with Crippen LogP contribution in [0.1, 0.15) is 18.4 Å². The third-order valence-corrected chi connectivity index (χ3v) is 3.18. The normalized spacial score (nSPS) is 19.4. The molecule has 0 spiro atoms. The van der Waals surface area contributed by atoms with Gasteiger partial charge in [0.2, 0.25) is 0 Å². The number of rotatable bonds is 3. The number of hydrogen-bond acceptors (Lipinski definition) is 4. The second-order valence-electron chi connectivity index (χ2n) is 4.40. The molecule has 0 bridgehead atoms. The molecule has 1 unspecified atom stereocenters. The predicted molar refractivity (Wildman–Crippen MR) is 71.3 cm³/mol. The second kappa shape index (κ2) is 5.71. The molecule has 1 aromatic rings. The number of anilines is 1. The van der Waals surface area contributed by atoms with E-state index in [1.165, 1.54) is 4.90 Å². The van der Waals surface area contributed by atoms with E-state index in [2.05, 4.69) is 5.16 Å². The van der Waals surface area contributed by atoms with Crippen molar-refractivity contribution in [2.24, 2.45) is 10.9 Å². The van der Waals surface area contributed by atoms with Gasteiger partial charge in [-0.25, -0.2) is 0 Å². The van der Waals surface area contributed by atoms with Gasteiger partial charge in [-0.05, 0) is 25.0 Å². The highest BCUT2D eigenvalue weighted by molar-refractivity contribution is 6.07. The van der Waals surface area contributed by atoms with Crippen molar-refractivity contribution in [1.82, 2.24) is 0 Å². The van der Waals surface area contributed by atoms with E-state index >= 15 is 0 Å². The molecule has 1 amide bonds. The number of likely N-dealkylation sites (N-methyl/N-ethyl adjacent to an activating group) is 1. The second-order valence-corrected chi connectivity index (χ2v) is 4.40. The van der Waals surface area contributed by atoms with Crippen molar-refractivity contribution in [2.45, 2.75) is 18.9 Å². The van der Waals surface area contributed by atoms with E-state index in [9.17, 15) is 4.79 Å². The molecule has 19 heavy (non-hydrogen) atoms. The summed E-state index contributed by atoms with van der Waals surface area (Å²) < 4.78 is 5.38. The van der Waals surface area contributed by atoms with E-state index in [0.29, 0.717) is 17.9 Å². The molecule has 6 nitrogen and oxygen atoms in total. The maximum Gasteiger partial charge on any atom is 0.255 e. The molecule has 1 heterocycles. The number of oxime groups is 1. The van der Waals surface area contributed by atoms with Gasteiger partial charge < -0.3 is 20.6 Å². The third kappa shape index (κ3) is 2.68. The first-order valence-corrected chi connectivity index (χ1v) is 6.11. The van der Waals surface area contributed by atoms with Crippen molar-refractivity contribution in [3.05, 3.63) is 29.8 Å². The SMILES string of the molecule is CN(C(=O)C1CCCO1)c1ccccc1C(N)=NO. The highest BCUT2D eigenvalue weighted by atomic mass is 16.5. The van der Waals surface area contributed by atoms with Crippen molar-refractivity contribution in [2.75, 3.05) is 18.6 Å². The lowest BCUT2D eigenvalue weighted by atomic mass is 10.1. The van der Waals surface area contributed by atoms with E-state index in [4.69, 9.17) is 15.7 Å². The van der Waals surface area contributed by atoms with Crippen molar-refractivity contribution < 1.29 is 14.7 Å². The maximum absolute atomic E-state index is 12.3. The highest BCUT2D eigenvalue weighted by Gasteiger charge is 2.28. The molecular weight excluding hydrogens is 246 g/mol. The van der Waals surface area contributed by atoms with Crippen LogP contribution in [0, 0.1) is 0 Å². The van der Waals surface area contributed by atoms with E-state index in [1.54, 1.807) is 31.3 Å². The molecule has 0 saturated carbocycles. The molecular formula is C13H17N3O3. The molecule has 6 heteroatoms. The van der Waals surface area contributed by atoms with Gasteiger partial charge in [0.15, 0.2) is 5.84 Å². The van der Waals surface area contributed by atoms with Gasteiger partial charge in [-0.2, -0.15) is 0 Å². The predicted octanol–water partition coefficient (Wildman–Crippen LogP) is 0.923. The fourth-order valence-electron chi connectivity index (χ4n) is 2.14. The Morgan fingerprint density at radius 2 is 2.26 bits per heavy atom. The Balaban J connectivity index is 2.28. The summed E-state index contributed by atoms with van der Waals surface area (Å²) in [5.74, 6) is -0.140. The first-order chi connectivity index (χ1) is 9.15. The van der Waals surface area contributed by atoms with Crippen LogP contribution in [-0.4, -0.2) is 36.7 Å². The summed E-state index contributed by atoms with van der Waals surface area (Å²) in [6.07, 6.45) is 1.23. The number of amides is 1. The zero-order valence-electron chi connectivity index (χ0n) is 10.7. The fraction of sp³-hybridized carbons (Fsp3) is 0.385. The molecule has 2 rings (SSSR count). The molecule has 1 aliphatic heterocycles. The van der Waals surface area contributed by atoms with Gasteiger partial charge in [-0.1, -0.05) is 17.3 Å². The van der Waals surface area contributed by atoms with Gasteiger partial charge in [0.25, 0.3) is 5.91 Å². The van der Waals surface area contributed by atoms with Gasteiger partial charge >= 0.3 is 0 Å². The average molecular weight is 263 g/mol. The Hall–Kier alpha value is -2.08. The molecule has 1 aromatic carbocycles. The van der Waals surface area contributed by atoms with Gasteiger partial charge in [0.1, 0.15) is 6.10 Å². The topological polar surface area (TPSA) is 88.2 Å². The van der Waals surface area contributed by atoms with Gasteiger partial charge in [-0.15, -0.1) is 0 Å². The summed E-state index contributed by atoms with van der Waals surface area (Å²) >= 11 is 0. The molecule has 0 aromatic heterocycles. The van der Waals surface area contributed by atoms with Gasteiger partial charge in [0, 0.05) is 19.2 Å². The number of amidine groups is 1. The van der Waals surface area contributed by atoms with Crippen LogP contribution < -0.4 is 10.6 Å². The maximum atomic E-state index is 12.3. The number of carbonyl (C=O) groups excluding carboxylic acids is 1. The van der Waals surface area contributed by atoms with Gasteiger partial charge in [0.05, 0.1) is 5.69 Å². The van der Waals surface area contributed by atoms with Crippen LogP contribution in [0.2, 0.25) is 0 Å². The van der Waals surface area contributed by atoms with Crippen LogP contribution >= 0.6 is 0 Å². The van der Waals surface area contributed by atoms with Crippen LogP contribution in [0.3, 0.4) is 0 Å². The van der Waals surface area contributed by atoms with Crippen molar-refractivity contribution in [1.29, 1.82) is 0 Å². The van der Waals surface area contributed by atoms with Crippen LogP contribution in [0.15, 0.2) is 29.4 Å². The lowest BCUT2D eigenvalue weighted by molar-refractivity contribution is -0.127. The lowest BCUT2D eigenvalue weighted by Gasteiger charge is -2.22.